The van der Waals surface area contributed by atoms with E-state index < -0.39 is 0 Å². The summed E-state index contributed by atoms with van der Waals surface area (Å²) < 4.78 is 0.679. The van der Waals surface area contributed by atoms with Crippen LogP contribution in [0.1, 0.15) is 17.3 Å². The number of carbonyl (C=O) groups excluding carboxylic acids is 1. The number of nitrogen functional groups attached to an aromatic ring is 1. The van der Waals surface area contributed by atoms with Crippen molar-refractivity contribution in [1.82, 2.24) is 10.3 Å². The summed E-state index contributed by atoms with van der Waals surface area (Å²) in [5.74, 6) is -0.177. The average molecular weight is 274 g/mol. The highest BCUT2D eigenvalue weighted by Gasteiger charge is 2.13. The maximum absolute atomic E-state index is 11.6. The second-order valence-electron chi connectivity index (χ2n) is 3.14. The lowest BCUT2D eigenvalue weighted by atomic mass is 10.2. The maximum Gasteiger partial charge on any atom is 0.255 e. The topological polar surface area (TPSA) is 88.2 Å². The Bertz CT molecular complexity index is 370. The number of anilines is 1. The minimum Gasteiger partial charge on any atom is -0.394 e. The number of nitrogens with two attached hydrogens (primary N) is 1. The number of nitrogens with one attached hydrogen (secondary N) is 1. The average Bonchev–Trinajstić information content (AvgIpc) is 2.21. The number of rotatable bonds is 3. The molecule has 0 radical (unpaired) electrons. The maximum atomic E-state index is 11.6. The summed E-state index contributed by atoms with van der Waals surface area (Å²) in [5, 5.41) is 11.4. The number of nitrogens with zero attached hydrogens (tertiary/aromatic N) is 1. The van der Waals surface area contributed by atoms with Gasteiger partial charge in [-0.05, 0) is 28.9 Å². The van der Waals surface area contributed by atoms with E-state index in [0.717, 1.165) is 0 Å². The molecule has 0 aliphatic carbocycles. The molecule has 0 saturated carbocycles. The van der Waals surface area contributed by atoms with Crippen LogP contribution < -0.4 is 11.1 Å². The van der Waals surface area contributed by atoms with E-state index in [1.165, 1.54) is 6.20 Å². The van der Waals surface area contributed by atoms with Crippen molar-refractivity contribution in [2.45, 2.75) is 13.0 Å². The van der Waals surface area contributed by atoms with Crippen LogP contribution in [0, 0.1) is 0 Å². The minimum atomic E-state index is -0.345. The van der Waals surface area contributed by atoms with Gasteiger partial charge >= 0.3 is 0 Å². The van der Waals surface area contributed by atoms with Crippen LogP contribution in [0.4, 0.5) is 5.82 Å². The van der Waals surface area contributed by atoms with E-state index in [1.807, 2.05) is 0 Å². The summed E-state index contributed by atoms with van der Waals surface area (Å²) in [5.41, 5.74) is 5.85. The van der Waals surface area contributed by atoms with Crippen LogP contribution in [0.15, 0.2) is 16.7 Å². The Balaban J connectivity index is 2.86. The first-order chi connectivity index (χ1) is 7.04. The molecule has 4 N–H and O–H groups in total. The van der Waals surface area contributed by atoms with E-state index in [4.69, 9.17) is 10.8 Å². The highest BCUT2D eigenvalue weighted by molar-refractivity contribution is 9.10. The van der Waals surface area contributed by atoms with Gasteiger partial charge in [-0.3, -0.25) is 4.79 Å². The Labute approximate surface area is 95.8 Å². The Hall–Kier alpha value is -1.14. The van der Waals surface area contributed by atoms with Crippen LogP contribution in [0.5, 0.6) is 0 Å². The third-order valence-corrected chi connectivity index (χ3v) is 2.21. The first-order valence-electron chi connectivity index (χ1n) is 4.37. The van der Waals surface area contributed by atoms with Crippen molar-refractivity contribution in [3.8, 4) is 0 Å². The number of halogens is 1. The van der Waals surface area contributed by atoms with Crippen molar-refractivity contribution in [3.05, 3.63) is 22.3 Å². The molecule has 0 spiro atoms. The number of hydrogen-bond donors (Lipinski definition) is 3. The van der Waals surface area contributed by atoms with Gasteiger partial charge in [-0.2, -0.15) is 0 Å². The smallest absolute Gasteiger partial charge is 0.255 e. The van der Waals surface area contributed by atoms with Crippen molar-refractivity contribution in [1.29, 1.82) is 0 Å². The third-order valence-electron chi connectivity index (χ3n) is 1.78. The summed E-state index contributed by atoms with van der Waals surface area (Å²) in [7, 11) is 0. The molecule has 15 heavy (non-hydrogen) atoms. The van der Waals surface area contributed by atoms with E-state index in [-0.39, 0.29) is 24.4 Å². The number of carbonyl (C=O) groups is 1. The van der Waals surface area contributed by atoms with Gasteiger partial charge in [0.25, 0.3) is 5.91 Å². The molecule has 0 aliphatic rings. The zero-order valence-corrected chi connectivity index (χ0v) is 9.78. The summed E-state index contributed by atoms with van der Waals surface area (Å²) in [4.78, 5) is 15.5. The zero-order chi connectivity index (χ0) is 11.4. The second-order valence-corrected chi connectivity index (χ2v) is 4.06. The molecule has 1 amide bonds. The molecule has 1 aromatic rings. The van der Waals surface area contributed by atoms with Gasteiger partial charge in [0.2, 0.25) is 0 Å². The molecular formula is C9H12BrN3O2. The molecular weight excluding hydrogens is 262 g/mol. The van der Waals surface area contributed by atoms with Gasteiger partial charge in [-0.25, -0.2) is 4.98 Å². The molecule has 1 heterocycles. The highest BCUT2D eigenvalue weighted by atomic mass is 79.9. The number of aliphatic hydroxyl groups excluding tert-OH is 1. The van der Waals surface area contributed by atoms with Crippen LogP contribution in [-0.4, -0.2) is 28.6 Å². The van der Waals surface area contributed by atoms with Crippen LogP contribution in [0.3, 0.4) is 0 Å². The molecule has 0 unspecified atom stereocenters. The standard InChI is InChI=1S/C9H12BrN3O2/c1-5(4-14)13-9(15)7-2-6(10)3-12-8(7)11/h2-3,5,14H,4H2,1H3,(H2,11,12)(H,13,15)/t5-/m0/s1. The highest BCUT2D eigenvalue weighted by Crippen LogP contribution is 2.15. The van der Waals surface area contributed by atoms with Crippen LogP contribution >= 0.6 is 15.9 Å². The summed E-state index contributed by atoms with van der Waals surface area (Å²) in [6.45, 7) is 1.58. The second kappa shape index (κ2) is 5.09. The molecule has 0 fully saturated rings. The van der Waals surface area contributed by atoms with Crippen molar-refractivity contribution >= 4 is 27.7 Å². The Kier molecular flexibility index (Phi) is 4.05. The molecule has 1 aromatic heterocycles. The molecule has 0 aliphatic heterocycles. The Morgan fingerprint density at radius 3 is 3.07 bits per heavy atom. The number of amides is 1. The lowest BCUT2D eigenvalue weighted by Gasteiger charge is -2.11. The first-order valence-corrected chi connectivity index (χ1v) is 5.16. The van der Waals surface area contributed by atoms with Gasteiger partial charge in [-0.1, -0.05) is 0 Å². The minimum absolute atomic E-state index is 0.118. The fraction of sp³-hybridized carbons (Fsp3) is 0.333. The molecule has 0 aromatic carbocycles. The van der Waals surface area contributed by atoms with Gasteiger partial charge in [-0.15, -0.1) is 0 Å². The molecule has 6 heteroatoms. The normalized spacial score (nSPS) is 12.2. The zero-order valence-electron chi connectivity index (χ0n) is 8.20. The van der Waals surface area contributed by atoms with Gasteiger partial charge < -0.3 is 16.2 Å². The van der Waals surface area contributed by atoms with E-state index in [1.54, 1.807) is 13.0 Å². The van der Waals surface area contributed by atoms with Gasteiger partial charge in [0.05, 0.1) is 12.2 Å². The number of aliphatic hydroxyl groups is 1. The predicted molar refractivity (Wildman–Crippen MR) is 60.4 cm³/mol. The largest absolute Gasteiger partial charge is 0.394 e. The van der Waals surface area contributed by atoms with Crippen molar-refractivity contribution < 1.29 is 9.90 Å². The third kappa shape index (κ3) is 3.17. The summed E-state index contributed by atoms with van der Waals surface area (Å²) >= 11 is 3.20. The lowest BCUT2D eigenvalue weighted by molar-refractivity contribution is 0.0923. The van der Waals surface area contributed by atoms with Crippen molar-refractivity contribution in [3.63, 3.8) is 0 Å². The predicted octanol–water partition coefficient (Wildman–Crippen LogP) is 0.537. The molecule has 82 valence electrons. The summed E-state index contributed by atoms with van der Waals surface area (Å²) in [6.07, 6.45) is 1.52. The molecule has 0 bridgehead atoms. The number of hydrogen-bond acceptors (Lipinski definition) is 4. The SMILES string of the molecule is C[C@@H](CO)NC(=O)c1cc(Br)cnc1N. The van der Waals surface area contributed by atoms with E-state index in [2.05, 4.69) is 26.2 Å². The molecule has 5 nitrogen and oxygen atoms in total. The quantitative estimate of drug-likeness (QED) is 0.750. The van der Waals surface area contributed by atoms with Crippen molar-refractivity contribution in [2.75, 3.05) is 12.3 Å². The molecule has 0 saturated heterocycles. The fourth-order valence-electron chi connectivity index (χ4n) is 0.979. The first kappa shape index (κ1) is 11.9. The molecule has 1 atom stereocenters. The Morgan fingerprint density at radius 2 is 2.47 bits per heavy atom. The van der Waals surface area contributed by atoms with E-state index in [0.29, 0.717) is 10.0 Å². The molecule has 1 rings (SSSR count). The Morgan fingerprint density at radius 1 is 1.80 bits per heavy atom. The van der Waals surface area contributed by atoms with E-state index in [9.17, 15) is 4.79 Å². The van der Waals surface area contributed by atoms with Crippen LogP contribution in [-0.2, 0) is 0 Å². The number of pyridine rings is 1. The van der Waals surface area contributed by atoms with Crippen LogP contribution in [0.2, 0.25) is 0 Å². The fourth-order valence-corrected chi connectivity index (χ4v) is 1.31. The van der Waals surface area contributed by atoms with Gasteiger partial charge in [0.1, 0.15) is 5.82 Å². The van der Waals surface area contributed by atoms with Crippen molar-refractivity contribution in [2.24, 2.45) is 0 Å². The van der Waals surface area contributed by atoms with Crippen LogP contribution in [0.25, 0.3) is 0 Å². The monoisotopic (exact) mass is 273 g/mol. The van der Waals surface area contributed by atoms with Gasteiger partial charge in [0.15, 0.2) is 0 Å². The van der Waals surface area contributed by atoms with E-state index >= 15 is 0 Å². The lowest BCUT2D eigenvalue weighted by Crippen LogP contribution is -2.35. The summed E-state index contributed by atoms with van der Waals surface area (Å²) in [6, 6.07) is 1.28. The number of aromatic nitrogens is 1. The van der Waals surface area contributed by atoms with Gasteiger partial charge in [0, 0.05) is 16.7 Å².